The maximum Gasteiger partial charge on any atom is 0.332 e. The van der Waals surface area contributed by atoms with Crippen molar-refractivity contribution in [2.75, 3.05) is 12.5 Å². The molecule has 2 rings (SSSR count). The number of nitrogens with zero attached hydrogens (tertiary/aromatic N) is 3. The van der Waals surface area contributed by atoms with E-state index in [1.54, 1.807) is 61.3 Å². The van der Waals surface area contributed by atoms with Crippen LogP contribution in [0.3, 0.4) is 0 Å². The van der Waals surface area contributed by atoms with Crippen LogP contribution in [0, 0.1) is 0 Å². The van der Waals surface area contributed by atoms with Crippen molar-refractivity contribution in [3.63, 3.8) is 0 Å². The van der Waals surface area contributed by atoms with Gasteiger partial charge in [0.15, 0.2) is 0 Å². The Morgan fingerprint density at radius 1 is 0.963 bits per heavy atom. The zero-order chi connectivity index (χ0) is 19.5. The van der Waals surface area contributed by atoms with Crippen molar-refractivity contribution in [3.05, 3.63) is 60.2 Å². The number of carbonyl (C=O) groups is 2. The molecule has 27 heavy (non-hydrogen) atoms. The Hall–Kier alpha value is -2.03. The van der Waals surface area contributed by atoms with E-state index in [4.69, 9.17) is 0 Å². The third-order valence-corrected chi connectivity index (χ3v) is 3.02. The van der Waals surface area contributed by atoms with Crippen molar-refractivity contribution >= 4 is 22.7 Å². The number of hydrogen-bond acceptors (Lipinski definition) is 6. The second kappa shape index (κ2) is 13.2. The number of aliphatic carboxylic acids is 2. The average Bonchev–Trinajstić information content (AvgIpc) is 2.55. The van der Waals surface area contributed by atoms with Crippen LogP contribution in [0.15, 0.2) is 48.8 Å². The molecule has 0 atom stereocenters. The summed E-state index contributed by atoms with van der Waals surface area (Å²) >= 11 is 0. The van der Waals surface area contributed by atoms with Gasteiger partial charge in [0.1, 0.15) is 0 Å². The van der Waals surface area contributed by atoms with Crippen LogP contribution in [0.25, 0.3) is 0 Å². The van der Waals surface area contributed by atoms with Crippen LogP contribution in [0.5, 0.6) is 0 Å². The maximum absolute atomic E-state index is 11.3. The summed E-state index contributed by atoms with van der Waals surface area (Å²) in [6, 6.07) is 8.76. The fraction of sp³-hybridized carbons (Fsp3) is 0.294. The second-order valence-electron chi connectivity index (χ2n) is 5.37. The molecule has 0 amide bonds. The van der Waals surface area contributed by atoms with Crippen LogP contribution in [0.2, 0.25) is 0 Å². The van der Waals surface area contributed by atoms with Crippen molar-refractivity contribution in [1.82, 2.24) is 14.9 Å². The van der Waals surface area contributed by atoms with Gasteiger partial charge in [-0.25, -0.2) is 9.59 Å². The van der Waals surface area contributed by atoms with Gasteiger partial charge < -0.3 is 10.2 Å². The summed E-state index contributed by atoms with van der Waals surface area (Å²) in [6.07, 6.45) is 6.43. The molecule has 2 N–H and O–H groups in total. The number of aromatic nitrogens is 2. The van der Waals surface area contributed by atoms with Crippen molar-refractivity contribution in [2.45, 2.75) is 19.1 Å². The summed E-state index contributed by atoms with van der Waals surface area (Å²) in [7, 11) is -0.611. The quantitative estimate of drug-likeness (QED) is 0.445. The van der Waals surface area contributed by atoms with E-state index in [0.717, 1.165) is 0 Å². The Balaban J connectivity index is 0.00000123. The monoisotopic (exact) mass is 481 g/mol. The molecule has 0 saturated carbocycles. The Morgan fingerprint density at radius 3 is 1.59 bits per heavy atom. The fourth-order valence-corrected chi connectivity index (χ4v) is 2.06. The molecule has 0 bridgehead atoms. The van der Waals surface area contributed by atoms with E-state index in [1.807, 2.05) is 0 Å². The third-order valence-electron chi connectivity index (χ3n) is 3.02. The first-order valence-corrected chi connectivity index (χ1v) is 9.52. The minimum Gasteiger partial charge on any atom is -0.480 e. The Labute approximate surface area is 172 Å². The zero-order valence-electron chi connectivity index (χ0n) is 14.8. The van der Waals surface area contributed by atoms with Gasteiger partial charge in [-0.1, -0.05) is 12.1 Å². The molecule has 0 saturated heterocycles. The van der Waals surface area contributed by atoms with Crippen LogP contribution in [-0.4, -0.2) is 59.8 Å². The van der Waals surface area contributed by atoms with Crippen LogP contribution in [-0.2, 0) is 53.0 Å². The molecule has 10 heteroatoms. The molecule has 8 nitrogen and oxygen atoms in total. The van der Waals surface area contributed by atoms with Gasteiger partial charge in [-0.15, -0.1) is 0 Å². The average molecular weight is 481 g/mol. The van der Waals surface area contributed by atoms with Crippen molar-refractivity contribution in [2.24, 2.45) is 0 Å². The molecule has 0 aliphatic heterocycles. The molecule has 0 aliphatic carbocycles. The topological polar surface area (TPSA) is 121 Å². The van der Waals surface area contributed by atoms with Crippen molar-refractivity contribution in [3.8, 4) is 0 Å². The van der Waals surface area contributed by atoms with Gasteiger partial charge in [0.25, 0.3) is 0 Å². The molecule has 0 radical (unpaired) electrons. The van der Waals surface area contributed by atoms with Gasteiger partial charge in [0, 0.05) is 68.3 Å². The molecule has 2 aromatic heterocycles. The summed E-state index contributed by atoms with van der Waals surface area (Å²) in [5.74, 6) is -2.83. The van der Waals surface area contributed by atoms with Gasteiger partial charge in [0.05, 0.1) is 11.4 Å². The number of carboxylic acid groups (broad SMARTS) is 2. The maximum atomic E-state index is 11.3. The Kier molecular flexibility index (Phi) is 12.2. The summed E-state index contributed by atoms with van der Waals surface area (Å²) in [6.45, 7) is 0.196. The van der Waals surface area contributed by atoms with Crippen LogP contribution >= 0.6 is 0 Å². The van der Waals surface area contributed by atoms with Gasteiger partial charge in [-0.3, -0.25) is 19.1 Å². The summed E-state index contributed by atoms with van der Waals surface area (Å²) in [5.41, 5.74) is 1.18. The molecule has 2 aromatic rings. The molecular formula is C17H21N3O5RuS. The van der Waals surface area contributed by atoms with Crippen LogP contribution in [0.1, 0.15) is 11.4 Å². The summed E-state index contributed by atoms with van der Waals surface area (Å²) in [5, 5.41) is 18.4. The van der Waals surface area contributed by atoms with Gasteiger partial charge in [-0.05, 0) is 24.3 Å². The predicted molar refractivity (Wildman–Crippen MR) is 96.8 cm³/mol. The molecular weight excluding hydrogens is 459 g/mol. The normalized spacial score (nSPS) is 10.1. The summed E-state index contributed by atoms with van der Waals surface area (Å²) in [4.78, 5) is 32.1. The fourth-order valence-electron chi connectivity index (χ4n) is 2.06. The number of pyridine rings is 2. The van der Waals surface area contributed by atoms with E-state index < -0.39 is 28.8 Å². The van der Waals surface area contributed by atoms with E-state index in [0.29, 0.717) is 11.4 Å². The van der Waals surface area contributed by atoms with E-state index in [9.17, 15) is 24.0 Å². The number of carboxylic acids is 2. The van der Waals surface area contributed by atoms with Crippen LogP contribution in [0.4, 0.5) is 0 Å². The van der Waals surface area contributed by atoms with Gasteiger partial charge in [-0.2, -0.15) is 0 Å². The SMILES string of the molecule is CS(C)=O.O=C(O)C(C(=O)O)N(Cc1ccccn1)Cc1ccccn1.[Ru]. The molecule has 0 aromatic carbocycles. The first kappa shape index (κ1) is 25.0. The molecule has 0 aliphatic rings. The molecule has 0 unspecified atom stereocenters. The van der Waals surface area contributed by atoms with E-state index in [1.165, 1.54) is 4.90 Å². The minimum absolute atomic E-state index is 0. The Bertz CT molecular complexity index is 674. The smallest absolute Gasteiger partial charge is 0.332 e. The first-order chi connectivity index (χ1) is 12.3. The standard InChI is InChI=1S/C15H15N3O4.C2H6OS.Ru/c19-14(20)13(15(21)22)18(9-11-5-1-3-7-16-11)10-12-6-2-4-8-17-12;1-4(2)3;/h1-8,13H,9-10H2,(H,19,20)(H,21,22);1-2H3;. The van der Waals surface area contributed by atoms with Crippen molar-refractivity contribution in [1.29, 1.82) is 0 Å². The molecule has 0 fully saturated rings. The van der Waals surface area contributed by atoms with Crippen molar-refractivity contribution < 1.29 is 43.5 Å². The molecule has 2 heterocycles. The van der Waals surface area contributed by atoms with E-state index in [2.05, 4.69) is 9.97 Å². The molecule has 148 valence electrons. The number of rotatable bonds is 7. The molecule has 0 spiro atoms. The second-order valence-corrected chi connectivity index (χ2v) is 6.85. The van der Waals surface area contributed by atoms with Gasteiger partial charge >= 0.3 is 11.9 Å². The van der Waals surface area contributed by atoms with E-state index in [-0.39, 0.29) is 32.6 Å². The third kappa shape index (κ3) is 10.0. The van der Waals surface area contributed by atoms with Gasteiger partial charge in [0.2, 0.25) is 6.04 Å². The first-order valence-electron chi connectivity index (χ1n) is 7.55. The van der Waals surface area contributed by atoms with E-state index >= 15 is 0 Å². The zero-order valence-corrected chi connectivity index (χ0v) is 17.4. The predicted octanol–water partition coefficient (Wildman–Crippen LogP) is 1.01. The number of hydrogen-bond donors (Lipinski definition) is 2. The Morgan fingerprint density at radius 2 is 1.33 bits per heavy atom. The summed E-state index contributed by atoms with van der Waals surface area (Å²) < 4.78 is 9.56. The van der Waals surface area contributed by atoms with Crippen LogP contribution < -0.4 is 0 Å². The largest absolute Gasteiger partial charge is 0.480 e. The minimum atomic E-state index is -1.66.